The number of hydrogen-bond acceptors (Lipinski definition) is 2. The summed E-state index contributed by atoms with van der Waals surface area (Å²) in [4.78, 5) is 4.96. The van der Waals surface area contributed by atoms with E-state index in [9.17, 15) is 0 Å². The zero-order chi connectivity index (χ0) is 54.6. The molecule has 0 saturated carbocycles. The van der Waals surface area contributed by atoms with Crippen LogP contribution in [0, 0.1) is 5.92 Å². The Balaban J connectivity index is 1.03. The average molecular weight is 1040 g/mol. The molecular weight excluding hydrogens is 977 g/mol. The highest BCUT2D eigenvalue weighted by Gasteiger charge is 2.36. The summed E-state index contributed by atoms with van der Waals surface area (Å²) >= 11 is 0. The van der Waals surface area contributed by atoms with Crippen LogP contribution in [0.3, 0.4) is 0 Å². The van der Waals surface area contributed by atoms with Gasteiger partial charge in [-0.3, -0.25) is 0 Å². The summed E-state index contributed by atoms with van der Waals surface area (Å²) in [6.07, 6.45) is 14.8. The summed E-state index contributed by atoms with van der Waals surface area (Å²) in [5.74, 6) is 0.373. The van der Waals surface area contributed by atoms with Crippen molar-refractivity contribution < 1.29 is 0 Å². The second-order valence-corrected chi connectivity index (χ2v) is 24.1. The molecule has 0 aliphatic heterocycles. The van der Waals surface area contributed by atoms with E-state index in [-0.39, 0.29) is 10.8 Å². The molecule has 0 N–H and O–H groups in total. The van der Waals surface area contributed by atoms with Crippen molar-refractivity contribution in [3.8, 4) is 33.4 Å². The predicted octanol–water partition coefficient (Wildman–Crippen LogP) is 22.0. The lowest BCUT2D eigenvalue weighted by molar-refractivity contribution is 0.590. The van der Waals surface area contributed by atoms with Gasteiger partial charge in [-0.15, -0.1) is 0 Å². The van der Waals surface area contributed by atoms with Crippen molar-refractivity contribution in [2.24, 2.45) is 5.92 Å². The van der Waals surface area contributed by atoms with Gasteiger partial charge in [0.1, 0.15) is 0 Å². The molecule has 0 heterocycles. The number of rotatable bonds is 8. The molecule has 1 unspecified atom stereocenters. The van der Waals surface area contributed by atoms with Crippen LogP contribution < -0.4 is 9.80 Å². The lowest BCUT2D eigenvalue weighted by atomic mass is 9.80. The first-order valence-electron chi connectivity index (χ1n) is 28.7. The van der Waals surface area contributed by atoms with Crippen molar-refractivity contribution in [2.75, 3.05) is 9.80 Å². The Bertz CT molecular complexity index is 4610. The maximum Gasteiger partial charge on any atom is 0.0468 e. The van der Waals surface area contributed by atoms with E-state index in [1.807, 2.05) is 0 Å². The minimum absolute atomic E-state index is 0.00510. The van der Waals surface area contributed by atoms with Crippen LogP contribution in [0.4, 0.5) is 28.4 Å². The molecule has 388 valence electrons. The summed E-state index contributed by atoms with van der Waals surface area (Å²) in [5.41, 5.74) is 19.4. The molecular formula is C79H62N2. The molecule has 3 aliphatic rings. The SMILES string of the molecule is CC(C)(C)c1ccc(-c2c3ccc(N(C4=CCC5C=CC=CC5=C4)c4ccc5ccccc5c4)cc3c(-c3ccc4c(c3)C(C)(C)c3ccccc3-4)c3ccc(N(c4ccc5ccccc5c4)c4ccc5ccccc5c4)cc23)cc1. The Morgan fingerprint density at radius 1 is 0.407 bits per heavy atom. The van der Waals surface area contributed by atoms with E-state index >= 15 is 0 Å². The van der Waals surface area contributed by atoms with Crippen molar-refractivity contribution in [1.82, 2.24) is 0 Å². The van der Waals surface area contributed by atoms with Crippen LogP contribution in [-0.2, 0) is 10.8 Å². The van der Waals surface area contributed by atoms with Gasteiger partial charge in [-0.05, 0) is 194 Å². The smallest absolute Gasteiger partial charge is 0.0468 e. The first kappa shape index (κ1) is 48.6. The fourth-order valence-corrected chi connectivity index (χ4v) is 13.5. The van der Waals surface area contributed by atoms with Crippen molar-refractivity contribution in [3.05, 3.63) is 295 Å². The maximum atomic E-state index is 2.52. The minimum atomic E-state index is -0.185. The molecule has 0 fully saturated rings. The second kappa shape index (κ2) is 18.8. The largest absolute Gasteiger partial charge is 0.311 e. The van der Waals surface area contributed by atoms with Crippen LogP contribution in [-0.4, -0.2) is 0 Å². The highest BCUT2D eigenvalue weighted by Crippen LogP contribution is 2.53. The van der Waals surface area contributed by atoms with Gasteiger partial charge in [0.05, 0.1) is 0 Å². The van der Waals surface area contributed by atoms with Crippen molar-refractivity contribution in [1.29, 1.82) is 0 Å². The van der Waals surface area contributed by atoms with Crippen LogP contribution in [0.2, 0.25) is 0 Å². The summed E-state index contributed by atoms with van der Waals surface area (Å²) in [6, 6.07) is 87.2. The normalized spacial score (nSPS) is 15.2. The molecule has 0 saturated heterocycles. The van der Waals surface area contributed by atoms with Gasteiger partial charge in [-0.25, -0.2) is 0 Å². The summed E-state index contributed by atoms with van der Waals surface area (Å²) < 4.78 is 0. The molecule has 2 nitrogen and oxygen atoms in total. The van der Waals surface area contributed by atoms with E-state index in [2.05, 4.69) is 311 Å². The van der Waals surface area contributed by atoms with Gasteiger partial charge in [0.2, 0.25) is 0 Å². The molecule has 12 aromatic rings. The van der Waals surface area contributed by atoms with Gasteiger partial charge in [0.15, 0.2) is 0 Å². The Morgan fingerprint density at radius 2 is 0.889 bits per heavy atom. The van der Waals surface area contributed by atoms with Gasteiger partial charge >= 0.3 is 0 Å². The average Bonchev–Trinajstić information content (AvgIpc) is 3.92. The molecule has 0 bridgehead atoms. The van der Waals surface area contributed by atoms with E-state index in [1.165, 1.54) is 115 Å². The Kier molecular flexibility index (Phi) is 11.3. The quantitative estimate of drug-likeness (QED) is 0.140. The first-order valence-corrected chi connectivity index (χ1v) is 28.7. The van der Waals surface area contributed by atoms with Gasteiger partial charge in [0, 0.05) is 45.5 Å². The lowest BCUT2D eigenvalue weighted by Gasteiger charge is -2.31. The second-order valence-electron chi connectivity index (χ2n) is 24.1. The van der Waals surface area contributed by atoms with Crippen molar-refractivity contribution >= 4 is 82.3 Å². The van der Waals surface area contributed by atoms with E-state index in [0.29, 0.717) is 5.92 Å². The molecule has 0 amide bonds. The van der Waals surface area contributed by atoms with Gasteiger partial charge < -0.3 is 9.80 Å². The molecule has 3 aliphatic carbocycles. The Hall–Kier alpha value is -9.50. The molecule has 2 heteroatoms. The fourth-order valence-electron chi connectivity index (χ4n) is 13.5. The van der Waals surface area contributed by atoms with Crippen LogP contribution in [0.5, 0.6) is 0 Å². The lowest BCUT2D eigenvalue weighted by Crippen LogP contribution is -2.19. The molecule has 0 radical (unpaired) electrons. The maximum absolute atomic E-state index is 2.52. The minimum Gasteiger partial charge on any atom is -0.311 e. The zero-order valence-electron chi connectivity index (χ0n) is 46.6. The van der Waals surface area contributed by atoms with Gasteiger partial charge in [-0.2, -0.15) is 0 Å². The van der Waals surface area contributed by atoms with E-state index in [4.69, 9.17) is 0 Å². The highest BCUT2D eigenvalue weighted by atomic mass is 15.2. The number of fused-ring (bicyclic) bond motifs is 9. The van der Waals surface area contributed by atoms with Crippen LogP contribution in [0.25, 0.3) is 87.2 Å². The number of benzene rings is 12. The van der Waals surface area contributed by atoms with Crippen LogP contribution in [0.1, 0.15) is 57.7 Å². The summed E-state index contributed by atoms with van der Waals surface area (Å²) in [6.45, 7) is 11.7. The third kappa shape index (κ3) is 8.23. The predicted molar refractivity (Wildman–Crippen MR) is 347 cm³/mol. The zero-order valence-corrected chi connectivity index (χ0v) is 46.6. The molecule has 12 aromatic carbocycles. The third-order valence-corrected chi connectivity index (χ3v) is 17.8. The van der Waals surface area contributed by atoms with E-state index in [1.54, 1.807) is 0 Å². The van der Waals surface area contributed by atoms with Gasteiger partial charge in [-0.1, -0.05) is 229 Å². The van der Waals surface area contributed by atoms with Crippen molar-refractivity contribution in [3.63, 3.8) is 0 Å². The Labute approximate surface area is 475 Å². The van der Waals surface area contributed by atoms with Crippen LogP contribution in [0.15, 0.2) is 278 Å². The Morgan fingerprint density at radius 3 is 1.48 bits per heavy atom. The molecule has 81 heavy (non-hydrogen) atoms. The molecule has 15 rings (SSSR count). The summed E-state index contributed by atoms with van der Waals surface area (Å²) in [5, 5.41) is 12.1. The van der Waals surface area contributed by atoms with E-state index in [0.717, 1.165) is 34.9 Å². The fraction of sp³-hybridized carbons (Fsp3) is 0.114. The summed E-state index contributed by atoms with van der Waals surface area (Å²) in [7, 11) is 0. The third-order valence-electron chi connectivity index (χ3n) is 17.8. The number of allylic oxidation sites excluding steroid dienone is 7. The van der Waals surface area contributed by atoms with Crippen LogP contribution >= 0.6 is 0 Å². The molecule has 0 aromatic heterocycles. The number of nitrogens with zero attached hydrogens (tertiary/aromatic N) is 2. The first-order chi connectivity index (χ1) is 39.5. The number of hydrogen-bond donors (Lipinski definition) is 0. The molecule has 1 atom stereocenters. The standard InChI is InChI=1S/C79H62N2/c1-78(2,3)61-33-26-55(27-34-61)76-70-42-39-67(81(64-37-30-53-18-8-12-22-58(53)46-64)65-38-31-54-19-9-13-23-59(54)47-65)50-73(70)77(60-32-41-69-68-24-14-15-25-74(68)79(4,5)75(69)48-60)71-43-40-66(49-72(71)76)80(62-35-28-51-16-6-10-20-56(51)44-62)63-36-29-52-17-7-11-21-57(52)45-63/h6-30,32-50,54H,31H2,1-5H3. The van der Waals surface area contributed by atoms with E-state index < -0.39 is 0 Å². The van der Waals surface area contributed by atoms with Crippen molar-refractivity contribution in [2.45, 2.75) is 51.9 Å². The monoisotopic (exact) mass is 1040 g/mol. The highest BCUT2D eigenvalue weighted by molar-refractivity contribution is 6.23. The van der Waals surface area contributed by atoms with Gasteiger partial charge in [0.25, 0.3) is 0 Å². The topological polar surface area (TPSA) is 6.48 Å². The molecule has 0 spiro atoms. The number of anilines is 5.